The monoisotopic (exact) mass is 352 g/mol. The molecule has 2 fully saturated rings. The molecule has 1 aromatic carbocycles. The Bertz CT molecular complexity index is 687. The highest BCUT2D eigenvalue weighted by molar-refractivity contribution is 5.33. The van der Waals surface area contributed by atoms with Crippen LogP contribution in [0.25, 0.3) is 0 Å². The number of aromatic nitrogens is 1. The van der Waals surface area contributed by atoms with Crippen LogP contribution in [0.5, 0.6) is 5.75 Å². The lowest BCUT2D eigenvalue weighted by Crippen LogP contribution is -2.49. The minimum atomic E-state index is 0.564. The Labute approximate surface area is 156 Å². The van der Waals surface area contributed by atoms with Crippen LogP contribution in [0.2, 0.25) is 0 Å². The SMILES string of the molecule is c1cncc(COc2ccccc2CN2CCC(N3CCNCC3)C2)c1. The average Bonchev–Trinajstić information content (AvgIpc) is 3.17. The van der Waals surface area contributed by atoms with Gasteiger partial charge in [-0.05, 0) is 18.6 Å². The van der Waals surface area contributed by atoms with Gasteiger partial charge in [-0.2, -0.15) is 0 Å². The van der Waals surface area contributed by atoms with E-state index in [0.717, 1.165) is 37.5 Å². The fourth-order valence-corrected chi connectivity index (χ4v) is 3.96. The van der Waals surface area contributed by atoms with E-state index in [9.17, 15) is 0 Å². The zero-order valence-corrected chi connectivity index (χ0v) is 15.3. The molecule has 0 aliphatic carbocycles. The highest BCUT2D eigenvalue weighted by Crippen LogP contribution is 2.24. The molecule has 5 heteroatoms. The minimum absolute atomic E-state index is 0.564. The van der Waals surface area contributed by atoms with E-state index < -0.39 is 0 Å². The van der Waals surface area contributed by atoms with Gasteiger partial charge in [0.25, 0.3) is 0 Å². The van der Waals surface area contributed by atoms with Crippen molar-refractivity contribution in [1.29, 1.82) is 0 Å². The molecule has 3 heterocycles. The average molecular weight is 352 g/mol. The van der Waals surface area contributed by atoms with E-state index in [0.29, 0.717) is 12.6 Å². The van der Waals surface area contributed by atoms with Crippen molar-refractivity contribution in [3.8, 4) is 5.75 Å². The summed E-state index contributed by atoms with van der Waals surface area (Å²) in [6.07, 6.45) is 4.93. The molecule has 0 spiro atoms. The molecule has 2 aliphatic rings. The predicted molar refractivity (Wildman–Crippen MR) is 103 cm³/mol. The van der Waals surface area contributed by atoms with Crippen molar-refractivity contribution in [3.63, 3.8) is 0 Å². The first kappa shape index (κ1) is 17.5. The van der Waals surface area contributed by atoms with E-state index in [-0.39, 0.29) is 0 Å². The molecule has 138 valence electrons. The maximum Gasteiger partial charge on any atom is 0.124 e. The number of hydrogen-bond donors (Lipinski definition) is 1. The van der Waals surface area contributed by atoms with E-state index in [2.05, 4.69) is 44.4 Å². The fraction of sp³-hybridized carbons (Fsp3) is 0.476. The van der Waals surface area contributed by atoms with Crippen LogP contribution < -0.4 is 10.1 Å². The number of ether oxygens (including phenoxy) is 1. The third kappa shape index (κ3) is 4.41. The molecule has 2 saturated heterocycles. The molecule has 5 nitrogen and oxygen atoms in total. The van der Waals surface area contributed by atoms with Gasteiger partial charge in [0.2, 0.25) is 0 Å². The lowest BCUT2D eigenvalue weighted by atomic mass is 10.2. The summed E-state index contributed by atoms with van der Waals surface area (Å²) in [5.74, 6) is 0.988. The van der Waals surface area contributed by atoms with Crippen molar-refractivity contribution >= 4 is 0 Å². The van der Waals surface area contributed by atoms with Gasteiger partial charge < -0.3 is 10.1 Å². The largest absolute Gasteiger partial charge is 0.489 e. The third-order valence-electron chi connectivity index (χ3n) is 5.40. The van der Waals surface area contributed by atoms with Gasteiger partial charge in [0, 0.05) is 75.4 Å². The number of nitrogens with one attached hydrogen (secondary N) is 1. The second-order valence-corrected chi connectivity index (χ2v) is 7.22. The first-order chi connectivity index (χ1) is 12.9. The summed E-state index contributed by atoms with van der Waals surface area (Å²) in [5.41, 5.74) is 2.37. The Balaban J connectivity index is 1.35. The number of benzene rings is 1. The van der Waals surface area contributed by atoms with Crippen molar-refractivity contribution in [3.05, 3.63) is 59.9 Å². The number of para-hydroxylation sites is 1. The summed E-state index contributed by atoms with van der Waals surface area (Å²) in [7, 11) is 0. The molecule has 0 bridgehead atoms. The van der Waals surface area contributed by atoms with E-state index >= 15 is 0 Å². The molecule has 2 aromatic rings. The second-order valence-electron chi connectivity index (χ2n) is 7.22. The molecule has 1 N–H and O–H groups in total. The van der Waals surface area contributed by atoms with Crippen LogP contribution >= 0.6 is 0 Å². The van der Waals surface area contributed by atoms with Crippen molar-refractivity contribution in [1.82, 2.24) is 20.1 Å². The smallest absolute Gasteiger partial charge is 0.124 e. The quantitative estimate of drug-likeness (QED) is 0.863. The van der Waals surface area contributed by atoms with E-state index in [1.54, 1.807) is 6.20 Å². The first-order valence-corrected chi connectivity index (χ1v) is 9.65. The zero-order valence-electron chi connectivity index (χ0n) is 15.3. The Hall–Kier alpha value is -1.95. The predicted octanol–water partition coefficient (Wildman–Crippen LogP) is 2.14. The van der Waals surface area contributed by atoms with Crippen molar-refractivity contribution in [2.75, 3.05) is 39.3 Å². The molecular formula is C21H28N4O. The lowest BCUT2D eigenvalue weighted by Gasteiger charge is -2.32. The molecule has 0 amide bonds. The highest BCUT2D eigenvalue weighted by Gasteiger charge is 2.28. The van der Waals surface area contributed by atoms with Gasteiger partial charge in [0.15, 0.2) is 0 Å². The van der Waals surface area contributed by atoms with Gasteiger partial charge in [0.1, 0.15) is 12.4 Å². The van der Waals surface area contributed by atoms with Gasteiger partial charge in [-0.3, -0.25) is 14.8 Å². The van der Waals surface area contributed by atoms with Crippen LogP contribution in [-0.4, -0.2) is 60.1 Å². The summed E-state index contributed by atoms with van der Waals surface area (Å²) in [4.78, 5) is 9.38. The molecule has 4 rings (SSSR count). The van der Waals surface area contributed by atoms with Gasteiger partial charge >= 0.3 is 0 Å². The van der Waals surface area contributed by atoms with Crippen LogP contribution in [-0.2, 0) is 13.2 Å². The van der Waals surface area contributed by atoms with Crippen LogP contribution in [0.4, 0.5) is 0 Å². The Morgan fingerprint density at radius 2 is 1.96 bits per heavy atom. The van der Waals surface area contributed by atoms with Crippen LogP contribution in [0.15, 0.2) is 48.8 Å². The molecule has 1 aromatic heterocycles. The summed E-state index contributed by atoms with van der Waals surface area (Å²) >= 11 is 0. The lowest BCUT2D eigenvalue weighted by molar-refractivity contribution is 0.170. The highest BCUT2D eigenvalue weighted by atomic mass is 16.5. The van der Waals surface area contributed by atoms with Gasteiger partial charge in [-0.15, -0.1) is 0 Å². The second kappa shape index (κ2) is 8.62. The summed E-state index contributed by atoms with van der Waals surface area (Å²) in [5, 5.41) is 3.45. The van der Waals surface area contributed by atoms with Crippen LogP contribution in [0.3, 0.4) is 0 Å². The third-order valence-corrected chi connectivity index (χ3v) is 5.40. The molecular weight excluding hydrogens is 324 g/mol. The van der Waals surface area contributed by atoms with Crippen molar-refractivity contribution in [2.45, 2.75) is 25.6 Å². The Morgan fingerprint density at radius 3 is 2.81 bits per heavy atom. The van der Waals surface area contributed by atoms with Gasteiger partial charge in [-0.25, -0.2) is 0 Å². The maximum absolute atomic E-state index is 6.09. The number of likely N-dealkylation sites (tertiary alicyclic amines) is 1. The van der Waals surface area contributed by atoms with E-state index in [1.807, 2.05) is 18.3 Å². The standard InChI is InChI=1S/C21H28N4O/c1-2-6-21(26-17-18-4-3-8-23-14-18)19(5-1)15-24-11-7-20(16-24)25-12-9-22-10-13-25/h1-6,8,14,20,22H,7,9-13,15-17H2. The van der Waals surface area contributed by atoms with E-state index in [1.165, 1.54) is 31.6 Å². The minimum Gasteiger partial charge on any atom is -0.489 e. The number of pyridine rings is 1. The molecule has 2 aliphatic heterocycles. The van der Waals surface area contributed by atoms with Crippen LogP contribution in [0, 0.1) is 0 Å². The van der Waals surface area contributed by atoms with Crippen molar-refractivity contribution < 1.29 is 4.74 Å². The zero-order chi connectivity index (χ0) is 17.6. The Kier molecular flexibility index (Phi) is 5.79. The fourth-order valence-electron chi connectivity index (χ4n) is 3.96. The molecule has 26 heavy (non-hydrogen) atoms. The Morgan fingerprint density at radius 1 is 1.08 bits per heavy atom. The molecule has 0 saturated carbocycles. The summed E-state index contributed by atoms with van der Waals surface area (Å²) < 4.78 is 6.09. The topological polar surface area (TPSA) is 40.6 Å². The van der Waals surface area contributed by atoms with Gasteiger partial charge in [0.05, 0.1) is 0 Å². The summed E-state index contributed by atoms with van der Waals surface area (Å²) in [6.45, 7) is 8.48. The normalized spacial score (nSPS) is 21.8. The summed E-state index contributed by atoms with van der Waals surface area (Å²) in [6, 6.07) is 13.1. The number of hydrogen-bond acceptors (Lipinski definition) is 5. The van der Waals surface area contributed by atoms with E-state index in [4.69, 9.17) is 4.74 Å². The molecule has 0 radical (unpaired) electrons. The van der Waals surface area contributed by atoms with Crippen molar-refractivity contribution in [2.24, 2.45) is 0 Å². The number of rotatable bonds is 6. The van der Waals surface area contributed by atoms with Crippen LogP contribution in [0.1, 0.15) is 17.5 Å². The van der Waals surface area contributed by atoms with Gasteiger partial charge in [-0.1, -0.05) is 24.3 Å². The number of piperazine rings is 1. The molecule has 1 unspecified atom stereocenters. The molecule has 1 atom stereocenters. The maximum atomic E-state index is 6.09. The first-order valence-electron chi connectivity index (χ1n) is 9.65. The number of nitrogens with zero attached hydrogens (tertiary/aromatic N) is 3.